The van der Waals surface area contributed by atoms with Gasteiger partial charge in [-0.25, -0.2) is 0 Å². The molecule has 4 aliphatic rings. The maximum atomic E-state index is 15.0. The van der Waals surface area contributed by atoms with Crippen LogP contribution in [0.2, 0.25) is 0 Å². The number of benzene rings is 5. The summed E-state index contributed by atoms with van der Waals surface area (Å²) >= 11 is 0. The van der Waals surface area contributed by atoms with Crippen LogP contribution in [0.3, 0.4) is 0 Å². The molecule has 6 N–H and O–H groups in total. The second kappa shape index (κ2) is 16.9. The van der Waals surface area contributed by atoms with Gasteiger partial charge in [-0.2, -0.15) is 0 Å². The zero-order valence-corrected chi connectivity index (χ0v) is 37.9. The van der Waals surface area contributed by atoms with E-state index in [-0.39, 0.29) is 63.2 Å². The third kappa shape index (κ3) is 7.16. The summed E-state index contributed by atoms with van der Waals surface area (Å²) in [7, 11) is 8.66. The fraction of sp³-hybridized carbons (Fsp3) is 0.367. The summed E-state index contributed by atoms with van der Waals surface area (Å²) in [6.45, 7) is 4.16. The lowest BCUT2D eigenvalue weighted by Gasteiger charge is -2.41. The Labute approximate surface area is 375 Å². The molecule has 0 amide bonds. The van der Waals surface area contributed by atoms with Gasteiger partial charge in [0.25, 0.3) is 0 Å². The van der Waals surface area contributed by atoms with Crippen molar-refractivity contribution in [1.29, 1.82) is 0 Å². The van der Waals surface area contributed by atoms with E-state index in [1.165, 1.54) is 6.07 Å². The van der Waals surface area contributed by atoms with Crippen molar-refractivity contribution in [1.82, 2.24) is 5.32 Å². The first kappa shape index (κ1) is 42.0. The van der Waals surface area contributed by atoms with Crippen LogP contribution >= 0.6 is 43.2 Å². The number of phenols is 2. The quantitative estimate of drug-likeness (QED) is 0.0932. The number of phenolic OH excluding ortho intramolecular Hbond substituents is 2. The smallest absolute Gasteiger partial charge is 0.238 e. The minimum Gasteiger partial charge on any atom is -0.507 e. The summed E-state index contributed by atoms with van der Waals surface area (Å²) in [5, 5.41) is 65.7. The van der Waals surface area contributed by atoms with E-state index in [0.29, 0.717) is 53.7 Å². The van der Waals surface area contributed by atoms with E-state index < -0.39 is 35.4 Å². The molecule has 6 atom stereocenters. The van der Waals surface area contributed by atoms with Crippen molar-refractivity contribution in [3.63, 3.8) is 0 Å². The lowest BCUT2D eigenvalue weighted by Crippen LogP contribution is -2.39. The molecule has 1 fully saturated rings. The average Bonchev–Trinajstić information content (AvgIpc) is 3.28. The second-order valence-electron chi connectivity index (χ2n) is 17.4. The van der Waals surface area contributed by atoms with Crippen LogP contribution in [0.15, 0.2) is 75.9 Å². The molecule has 5 aromatic carbocycles. The van der Waals surface area contributed by atoms with E-state index in [9.17, 15) is 25.5 Å². The number of fused-ring (bicyclic) bond motifs is 10. The average molecular weight is 908 g/mol. The Kier molecular flexibility index (Phi) is 11.4. The molecule has 322 valence electrons. The van der Waals surface area contributed by atoms with E-state index >= 15 is 4.79 Å². The Balaban J connectivity index is 1.22. The highest BCUT2D eigenvalue weighted by Gasteiger charge is 2.44. The third-order valence-electron chi connectivity index (χ3n) is 13.0. The fourth-order valence-electron chi connectivity index (χ4n) is 10.1. The van der Waals surface area contributed by atoms with Gasteiger partial charge in [-0.15, -0.1) is 0 Å². The predicted molar refractivity (Wildman–Crippen MR) is 255 cm³/mol. The van der Waals surface area contributed by atoms with Crippen molar-refractivity contribution >= 4 is 64.9 Å². The lowest BCUT2D eigenvalue weighted by atomic mass is 9.72. The van der Waals surface area contributed by atoms with Gasteiger partial charge in [0.2, 0.25) is 11.2 Å². The molecule has 10 rings (SSSR count). The zero-order valence-electron chi connectivity index (χ0n) is 34.6. The highest BCUT2D eigenvalue weighted by Crippen LogP contribution is 2.58. The molecule has 1 aliphatic carbocycles. The van der Waals surface area contributed by atoms with Gasteiger partial charge >= 0.3 is 0 Å². The number of ether oxygens (including phenoxy) is 1. The first-order chi connectivity index (χ1) is 30.0. The minimum atomic E-state index is -0.944. The molecular formula is C49H49NO8S4. The van der Waals surface area contributed by atoms with Crippen molar-refractivity contribution in [2.75, 3.05) is 18.6 Å². The number of aromatic hydroxyl groups is 3. The first-order valence-corrected chi connectivity index (χ1v) is 26.2. The van der Waals surface area contributed by atoms with E-state index in [1.54, 1.807) is 43.2 Å². The van der Waals surface area contributed by atoms with Crippen molar-refractivity contribution in [3.8, 4) is 45.4 Å². The third-order valence-corrected chi connectivity index (χ3v) is 18.2. The molecule has 0 unspecified atom stereocenters. The number of hydrogen-bond donors (Lipinski definition) is 6. The van der Waals surface area contributed by atoms with Crippen LogP contribution in [0.1, 0.15) is 89.3 Å². The van der Waals surface area contributed by atoms with Gasteiger partial charge in [0.05, 0.1) is 23.0 Å². The SMILES string of the molecule is CN[C@H]1CSSCc2c(-c3oc4cc(O)c5c(c4c(=O)c3O)O[C@H]3C[C@@H]4c6c-5ccc5cccc(c65)[C@@H](SSCCC[C@@H]3O)[C@@H]4O)cc(CC(C)C)c(O)c2Cc2cccc1c2. The molecule has 4 heterocycles. The monoisotopic (exact) mass is 907 g/mol. The minimum absolute atomic E-state index is 0.0147. The van der Waals surface area contributed by atoms with Gasteiger partial charge in [-0.05, 0) is 94.4 Å². The highest BCUT2D eigenvalue weighted by molar-refractivity contribution is 8.77. The topological polar surface area (TPSA) is 153 Å². The normalized spacial score (nSPS) is 23.5. The van der Waals surface area contributed by atoms with E-state index in [1.807, 2.05) is 43.4 Å². The fourth-order valence-corrected chi connectivity index (χ4v) is 15.4. The molecule has 1 aromatic heterocycles. The van der Waals surface area contributed by atoms with Crippen molar-refractivity contribution in [3.05, 3.63) is 116 Å². The van der Waals surface area contributed by atoms with Crippen LogP contribution < -0.4 is 15.5 Å². The summed E-state index contributed by atoms with van der Waals surface area (Å²) in [5.74, 6) is 1.12. The molecule has 13 heteroatoms. The summed E-state index contributed by atoms with van der Waals surface area (Å²) in [5.41, 5.74) is 6.81. The van der Waals surface area contributed by atoms with Gasteiger partial charge < -0.3 is 40.0 Å². The van der Waals surface area contributed by atoms with E-state index in [0.717, 1.165) is 50.1 Å². The molecule has 62 heavy (non-hydrogen) atoms. The summed E-state index contributed by atoms with van der Waals surface area (Å²) < 4.78 is 13.5. The Morgan fingerprint density at radius 1 is 0.903 bits per heavy atom. The van der Waals surface area contributed by atoms with Gasteiger partial charge in [0.15, 0.2) is 5.76 Å². The van der Waals surface area contributed by atoms with Crippen LogP contribution in [-0.2, 0) is 18.6 Å². The molecular weight excluding hydrogens is 859 g/mol. The largest absolute Gasteiger partial charge is 0.507 e. The molecule has 1 saturated heterocycles. The first-order valence-electron chi connectivity index (χ1n) is 21.3. The summed E-state index contributed by atoms with van der Waals surface area (Å²) in [6, 6.07) is 21.8. The lowest BCUT2D eigenvalue weighted by molar-refractivity contribution is 0.00976. The van der Waals surface area contributed by atoms with E-state index in [4.69, 9.17) is 9.15 Å². The van der Waals surface area contributed by atoms with Crippen molar-refractivity contribution < 1.29 is 34.7 Å². The Morgan fingerprint density at radius 3 is 2.56 bits per heavy atom. The van der Waals surface area contributed by atoms with Gasteiger partial charge in [0.1, 0.15) is 34.3 Å². The molecule has 0 spiro atoms. The maximum Gasteiger partial charge on any atom is 0.238 e. The molecule has 3 aliphatic heterocycles. The Hall–Kier alpha value is -3.95. The van der Waals surface area contributed by atoms with Gasteiger partial charge in [-0.3, -0.25) is 4.79 Å². The number of nitrogens with one attached hydrogen (secondary N) is 1. The van der Waals surface area contributed by atoms with Crippen LogP contribution in [0.4, 0.5) is 0 Å². The molecule has 6 aromatic rings. The number of hydrogen-bond acceptors (Lipinski definition) is 13. The zero-order chi connectivity index (χ0) is 43.0. The van der Waals surface area contributed by atoms with Crippen LogP contribution in [0.25, 0.3) is 44.2 Å². The highest BCUT2D eigenvalue weighted by atomic mass is 33.1. The van der Waals surface area contributed by atoms with Gasteiger partial charge in [0, 0.05) is 52.8 Å². The molecule has 5 bridgehead atoms. The van der Waals surface area contributed by atoms with Crippen molar-refractivity contribution in [2.45, 2.75) is 87.2 Å². The Morgan fingerprint density at radius 2 is 1.74 bits per heavy atom. The van der Waals surface area contributed by atoms with Crippen LogP contribution in [0.5, 0.6) is 23.0 Å². The van der Waals surface area contributed by atoms with Crippen LogP contribution in [0, 0.1) is 5.92 Å². The second-order valence-corrected chi connectivity index (χ2v) is 22.5. The molecule has 0 saturated carbocycles. The predicted octanol–water partition coefficient (Wildman–Crippen LogP) is 10.5. The van der Waals surface area contributed by atoms with Gasteiger partial charge in [-0.1, -0.05) is 112 Å². The molecule has 9 nitrogen and oxygen atoms in total. The maximum absolute atomic E-state index is 15.0. The number of aliphatic hydroxyl groups excluding tert-OH is 2. The van der Waals surface area contributed by atoms with Crippen molar-refractivity contribution in [2.24, 2.45) is 5.92 Å². The van der Waals surface area contributed by atoms with Crippen LogP contribution in [-0.4, -0.2) is 62.4 Å². The number of aliphatic hydroxyl groups is 2. The summed E-state index contributed by atoms with van der Waals surface area (Å²) in [6.07, 6.45) is -0.228. The molecule has 0 radical (unpaired) electrons. The number of rotatable bonds is 4. The summed E-state index contributed by atoms with van der Waals surface area (Å²) in [4.78, 5) is 15.0. The van der Waals surface area contributed by atoms with E-state index in [2.05, 4.69) is 43.4 Å². The standard InChI is InChI=1S/C49H49NO8S4/c1-23(2)15-27-18-31(33-21-60-61-22-34(50-3)26-9-4-7-24(16-26)17-30(33)43(27)53)47-46(56)45(55)42-38(58-47)20-36(52)41-28-13-12-25-8-5-10-29-39(25)40(28)32-19-37(57-48(41)42)35(51)11-6-14-59-62-49(29)44(32)54/h4-5,7-10,12-13,16,18,20,23,32,34-35,37,44,49-54,56H,6,11,14-15,17,19,21-22H2,1-3H3/t32-,34+,35+,37+,44-,49-/m1/s1. The Bertz CT molecular complexity index is 2810.